The lowest BCUT2D eigenvalue weighted by molar-refractivity contribution is -0.132. The Bertz CT molecular complexity index is 488. The van der Waals surface area contributed by atoms with Crippen LogP contribution in [-0.2, 0) is 14.4 Å². The van der Waals surface area contributed by atoms with Gasteiger partial charge in [0, 0.05) is 26.1 Å². The Labute approximate surface area is 110 Å². The number of amides is 1. The van der Waals surface area contributed by atoms with E-state index in [0.717, 1.165) is 0 Å². The zero-order valence-corrected chi connectivity index (χ0v) is 10.5. The zero-order chi connectivity index (χ0) is 14.3. The Morgan fingerprint density at radius 3 is 2.00 bits per heavy atom. The first kappa shape index (κ1) is 14.4. The van der Waals surface area contributed by atoms with Crippen molar-refractivity contribution in [2.45, 2.75) is 13.8 Å². The van der Waals surface area contributed by atoms with E-state index in [0.29, 0.717) is 12.0 Å². The highest BCUT2D eigenvalue weighted by atomic mass is 16.5. The first-order chi connectivity index (χ1) is 9.01. The van der Waals surface area contributed by atoms with Crippen molar-refractivity contribution in [2.24, 2.45) is 0 Å². The minimum Gasteiger partial charge on any atom is -0.427 e. The predicted molar refractivity (Wildman–Crippen MR) is 67.3 cm³/mol. The normalized spacial score (nSPS) is 10.0. The van der Waals surface area contributed by atoms with Gasteiger partial charge in [-0.3, -0.25) is 14.4 Å². The van der Waals surface area contributed by atoms with E-state index in [1.807, 2.05) is 0 Å². The molecule has 0 aromatic heterocycles. The number of hydrogen-bond acceptors (Lipinski definition) is 5. The number of carbonyl (C=O) groups is 3. The number of benzene rings is 1. The van der Waals surface area contributed by atoms with Gasteiger partial charge in [-0.25, -0.2) is 0 Å². The van der Waals surface area contributed by atoms with Gasteiger partial charge in [-0.2, -0.15) is 0 Å². The molecule has 6 heteroatoms. The Balaban J connectivity index is 3.03. The van der Waals surface area contributed by atoms with Crippen molar-refractivity contribution in [3.63, 3.8) is 0 Å². The summed E-state index contributed by atoms with van der Waals surface area (Å²) in [6.07, 6.45) is 3.48. The molecule has 0 spiro atoms. The molecule has 1 amide bonds. The standard InChI is InChI=1S/C13H13NO5/c1-9(16)18-12-5-11(3-4-14-8-15)6-13(7-12)19-10(2)17/h3-8H,1-2H3,(H,14,15)/b4-3+. The number of nitrogens with one attached hydrogen (secondary N) is 1. The van der Waals surface area contributed by atoms with E-state index in [-0.39, 0.29) is 11.5 Å². The highest BCUT2D eigenvalue weighted by Gasteiger charge is 2.05. The highest BCUT2D eigenvalue weighted by molar-refractivity contribution is 5.72. The maximum atomic E-state index is 10.9. The minimum atomic E-state index is -0.485. The van der Waals surface area contributed by atoms with Crippen molar-refractivity contribution in [3.8, 4) is 11.5 Å². The Kier molecular flexibility index (Phi) is 5.28. The zero-order valence-electron chi connectivity index (χ0n) is 10.5. The first-order valence-corrected chi connectivity index (χ1v) is 5.39. The fourth-order valence-corrected chi connectivity index (χ4v) is 1.32. The van der Waals surface area contributed by atoms with Crippen LogP contribution in [0.5, 0.6) is 11.5 Å². The summed E-state index contributed by atoms with van der Waals surface area (Å²) in [4.78, 5) is 31.9. The molecule has 0 heterocycles. The van der Waals surface area contributed by atoms with Crippen molar-refractivity contribution >= 4 is 24.4 Å². The SMILES string of the molecule is CC(=O)Oc1cc(/C=C/NC=O)cc(OC(C)=O)c1. The van der Waals surface area contributed by atoms with Gasteiger partial charge in [0.2, 0.25) is 6.41 Å². The molecule has 1 N–H and O–H groups in total. The topological polar surface area (TPSA) is 81.7 Å². The van der Waals surface area contributed by atoms with Gasteiger partial charge in [0.05, 0.1) is 0 Å². The summed E-state index contributed by atoms with van der Waals surface area (Å²) in [5, 5.41) is 2.34. The Morgan fingerprint density at radius 2 is 1.58 bits per heavy atom. The van der Waals surface area contributed by atoms with E-state index in [1.54, 1.807) is 18.2 Å². The van der Waals surface area contributed by atoms with E-state index in [4.69, 9.17) is 9.47 Å². The molecule has 0 radical (unpaired) electrons. The minimum absolute atomic E-state index is 0.247. The number of esters is 2. The quantitative estimate of drug-likeness (QED) is 0.491. The van der Waals surface area contributed by atoms with Gasteiger partial charge in [-0.1, -0.05) is 0 Å². The van der Waals surface area contributed by atoms with E-state index < -0.39 is 11.9 Å². The van der Waals surface area contributed by atoms with Gasteiger partial charge < -0.3 is 14.8 Å². The van der Waals surface area contributed by atoms with Crippen molar-refractivity contribution in [1.82, 2.24) is 5.32 Å². The molecule has 6 nitrogen and oxygen atoms in total. The van der Waals surface area contributed by atoms with Crippen LogP contribution in [0.4, 0.5) is 0 Å². The molecule has 1 aromatic carbocycles. The van der Waals surface area contributed by atoms with Crippen LogP contribution >= 0.6 is 0 Å². The van der Waals surface area contributed by atoms with Gasteiger partial charge in [0.1, 0.15) is 11.5 Å². The number of ether oxygens (including phenoxy) is 2. The summed E-state index contributed by atoms with van der Waals surface area (Å²) in [6.45, 7) is 2.53. The van der Waals surface area contributed by atoms with E-state index in [2.05, 4.69) is 5.32 Å². The summed E-state index contributed by atoms with van der Waals surface area (Å²) in [5.74, 6) is -0.476. The molecule has 0 aliphatic carbocycles. The second-order valence-corrected chi connectivity index (χ2v) is 3.54. The summed E-state index contributed by atoms with van der Waals surface area (Å²) in [7, 11) is 0. The largest absolute Gasteiger partial charge is 0.427 e. The predicted octanol–water partition coefficient (Wildman–Crippen LogP) is 1.25. The molecule has 19 heavy (non-hydrogen) atoms. The van der Waals surface area contributed by atoms with Gasteiger partial charge in [-0.05, 0) is 23.8 Å². The van der Waals surface area contributed by atoms with Crippen molar-refractivity contribution in [3.05, 3.63) is 30.0 Å². The van der Waals surface area contributed by atoms with Crippen molar-refractivity contribution in [2.75, 3.05) is 0 Å². The van der Waals surface area contributed by atoms with Crippen LogP contribution in [0.25, 0.3) is 6.08 Å². The van der Waals surface area contributed by atoms with Crippen molar-refractivity contribution < 1.29 is 23.9 Å². The molecule has 1 rings (SSSR count). The Hall–Kier alpha value is -2.63. The van der Waals surface area contributed by atoms with Crippen LogP contribution < -0.4 is 14.8 Å². The summed E-state index contributed by atoms with van der Waals surface area (Å²) >= 11 is 0. The fraction of sp³-hybridized carbons (Fsp3) is 0.154. The average molecular weight is 263 g/mol. The molecular formula is C13H13NO5. The lowest BCUT2D eigenvalue weighted by atomic mass is 10.2. The average Bonchev–Trinajstić information content (AvgIpc) is 2.27. The molecule has 0 unspecified atom stereocenters. The lowest BCUT2D eigenvalue weighted by Crippen LogP contribution is -2.04. The van der Waals surface area contributed by atoms with Gasteiger partial charge >= 0.3 is 11.9 Å². The van der Waals surface area contributed by atoms with E-state index >= 15 is 0 Å². The second-order valence-electron chi connectivity index (χ2n) is 3.54. The maximum absolute atomic E-state index is 10.9. The van der Waals surface area contributed by atoms with E-state index in [1.165, 1.54) is 26.1 Å². The van der Waals surface area contributed by atoms with E-state index in [9.17, 15) is 14.4 Å². The Morgan fingerprint density at radius 1 is 1.05 bits per heavy atom. The van der Waals surface area contributed by atoms with Crippen molar-refractivity contribution in [1.29, 1.82) is 0 Å². The molecule has 0 atom stereocenters. The molecule has 1 aromatic rings. The third-order valence-electron chi connectivity index (χ3n) is 1.87. The smallest absolute Gasteiger partial charge is 0.308 e. The molecule has 0 aliphatic heterocycles. The molecule has 100 valence electrons. The third-order valence-corrected chi connectivity index (χ3v) is 1.87. The number of hydrogen-bond donors (Lipinski definition) is 1. The summed E-state index contributed by atoms with van der Waals surface area (Å²) in [5.41, 5.74) is 0.601. The van der Waals surface area contributed by atoms with Gasteiger partial charge in [0.15, 0.2) is 0 Å². The number of rotatable bonds is 5. The molecule has 0 saturated carbocycles. The fourth-order valence-electron chi connectivity index (χ4n) is 1.32. The van der Waals surface area contributed by atoms with Crippen LogP contribution in [0, 0.1) is 0 Å². The van der Waals surface area contributed by atoms with Gasteiger partial charge in [-0.15, -0.1) is 0 Å². The third kappa shape index (κ3) is 5.49. The molecular weight excluding hydrogens is 250 g/mol. The van der Waals surface area contributed by atoms with Crippen LogP contribution in [0.2, 0.25) is 0 Å². The molecule has 0 fully saturated rings. The van der Waals surface area contributed by atoms with Crippen LogP contribution in [0.3, 0.4) is 0 Å². The summed E-state index contributed by atoms with van der Waals surface area (Å²) in [6, 6.07) is 4.56. The lowest BCUT2D eigenvalue weighted by Gasteiger charge is -2.07. The maximum Gasteiger partial charge on any atom is 0.308 e. The molecule has 0 bridgehead atoms. The highest BCUT2D eigenvalue weighted by Crippen LogP contribution is 2.24. The van der Waals surface area contributed by atoms with Crippen LogP contribution in [-0.4, -0.2) is 18.3 Å². The summed E-state index contributed by atoms with van der Waals surface area (Å²) < 4.78 is 9.86. The van der Waals surface area contributed by atoms with Crippen LogP contribution in [0.1, 0.15) is 19.4 Å². The second kappa shape index (κ2) is 6.95. The first-order valence-electron chi connectivity index (χ1n) is 5.39. The molecule has 0 aliphatic rings. The van der Waals surface area contributed by atoms with Gasteiger partial charge in [0.25, 0.3) is 0 Å². The molecule has 0 saturated heterocycles. The van der Waals surface area contributed by atoms with Crippen LogP contribution in [0.15, 0.2) is 24.4 Å². The monoisotopic (exact) mass is 263 g/mol. The number of carbonyl (C=O) groups excluding carboxylic acids is 3.